The summed E-state index contributed by atoms with van der Waals surface area (Å²) in [6, 6.07) is 3.79. The molecule has 1 aromatic rings. The van der Waals surface area contributed by atoms with Crippen LogP contribution >= 0.6 is 0 Å². The van der Waals surface area contributed by atoms with Gasteiger partial charge in [-0.3, -0.25) is 15.0 Å². The highest BCUT2D eigenvalue weighted by Crippen LogP contribution is 2.38. The third-order valence-corrected chi connectivity index (χ3v) is 5.17. The Labute approximate surface area is 165 Å². The summed E-state index contributed by atoms with van der Waals surface area (Å²) in [6.07, 6.45) is 9.09. The van der Waals surface area contributed by atoms with Gasteiger partial charge in [0.1, 0.15) is 5.82 Å². The molecule has 0 unspecified atom stereocenters. The van der Waals surface area contributed by atoms with Crippen LogP contribution < -0.4 is 21.5 Å². The second-order valence-electron chi connectivity index (χ2n) is 7.16. The minimum Gasteiger partial charge on any atom is -0.311 e. The number of anilines is 1. The van der Waals surface area contributed by atoms with E-state index in [0.717, 1.165) is 37.1 Å². The van der Waals surface area contributed by atoms with Crippen LogP contribution in [0.2, 0.25) is 0 Å². The standard InChI is InChI=1S/C20H28N6O2/c1-3-19(27)21-17-10-8-15(23-25-17)13-6-5-7-14(12-13)16-9-11-18(26-24-16)22-20(28)4-2/h8-11,13-14,23,25H,3-7,12H2,1-2H3,(H,21,27)(H,22,26,28)/t13-,14+/m1/s1. The summed E-state index contributed by atoms with van der Waals surface area (Å²) in [5, 5.41) is 14.0. The Kier molecular flexibility index (Phi) is 6.62. The summed E-state index contributed by atoms with van der Waals surface area (Å²) in [5.74, 6) is 1.81. The van der Waals surface area contributed by atoms with Crippen molar-refractivity contribution in [2.24, 2.45) is 5.92 Å². The number of carbonyl (C=O) groups excluding carboxylic acids is 2. The molecule has 2 atom stereocenters. The number of aromatic nitrogens is 2. The zero-order chi connectivity index (χ0) is 19.9. The Morgan fingerprint density at radius 2 is 1.75 bits per heavy atom. The van der Waals surface area contributed by atoms with Crippen molar-refractivity contribution >= 4 is 17.6 Å². The maximum atomic E-state index is 11.5. The molecule has 1 aliphatic carbocycles. The molecule has 8 heteroatoms. The largest absolute Gasteiger partial charge is 0.311 e. The number of rotatable bonds is 6. The number of nitrogens with one attached hydrogen (secondary N) is 4. The molecule has 0 spiro atoms. The fourth-order valence-electron chi connectivity index (χ4n) is 3.54. The molecule has 1 fully saturated rings. The smallest absolute Gasteiger partial charge is 0.225 e. The molecule has 150 valence electrons. The van der Waals surface area contributed by atoms with Crippen LogP contribution in [-0.2, 0) is 9.59 Å². The molecule has 3 rings (SSSR count). The van der Waals surface area contributed by atoms with Crippen molar-refractivity contribution in [2.75, 3.05) is 5.32 Å². The molecule has 0 radical (unpaired) electrons. The highest BCUT2D eigenvalue weighted by atomic mass is 16.2. The summed E-state index contributed by atoms with van der Waals surface area (Å²) < 4.78 is 0. The van der Waals surface area contributed by atoms with E-state index in [-0.39, 0.29) is 11.8 Å². The number of hydrazine groups is 1. The molecule has 1 saturated carbocycles. The molecule has 0 aromatic carbocycles. The summed E-state index contributed by atoms with van der Waals surface area (Å²) in [6.45, 7) is 3.63. The number of allylic oxidation sites excluding steroid dienone is 3. The van der Waals surface area contributed by atoms with Crippen LogP contribution in [0.25, 0.3) is 0 Å². The van der Waals surface area contributed by atoms with E-state index < -0.39 is 0 Å². The summed E-state index contributed by atoms with van der Waals surface area (Å²) in [4.78, 5) is 22.9. The van der Waals surface area contributed by atoms with Gasteiger partial charge in [-0.1, -0.05) is 20.3 Å². The van der Waals surface area contributed by atoms with E-state index in [1.54, 1.807) is 6.92 Å². The number of hydrogen-bond acceptors (Lipinski definition) is 6. The van der Waals surface area contributed by atoms with E-state index in [4.69, 9.17) is 0 Å². The molecule has 28 heavy (non-hydrogen) atoms. The molecule has 8 nitrogen and oxygen atoms in total. The van der Waals surface area contributed by atoms with Crippen molar-refractivity contribution in [3.05, 3.63) is 41.5 Å². The van der Waals surface area contributed by atoms with Gasteiger partial charge >= 0.3 is 0 Å². The Morgan fingerprint density at radius 1 is 1.00 bits per heavy atom. The number of carbonyl (C=O) groups is 2. The van der Waals surface area contributed by atoms with Crippen LogP contribution in [0.3, 0.4) is 0 Å². The van der Waals surface area contributed by atoms with Gasteiger partial charge in [0.15, 0.2) is 5.82 Å². The van der Waals surface area contributed by atoms with Gasteiger partial charge in [-0.2, -0.15) is 5.10 Å². The minimum absolute atomic E-state index is 0.0210. The maximum absolute atomic E-state index is 11.5. The average Bonchev–Trinajstić information content (AvgIpc) is 2.74. The molecule has 4 N–H and O–H groups in total. The molecule has 2 amide bonds. The Hall–Kier alpha value is -2.90. The lowest BCUT2D eigenvalue weighted by Crippen LogP contribution is -2.42. The van der Waals surface area contributed by atoms with E-state index in [9.17, 15) is 9.59 Å². The first-order valence-electron chi connectivity index (χ1n) is 9.96. The van der Waals surface area contributed by atoms with Crippen molar-refractivity contribution in [1.82, 2.24) is 26.4 Å². The number of nitrogens with zero attached hydrogens (tertiary/aromatic N) is 2. The molecular formula is C20H28N6O2. The fourth-order valence-corrected chi connectivity index (χ4v) is 3.54. The SMILES string of the molecule is CCC(=O)NC1=CC=C([C@@H]2CCC[C@H](c3ccc(NC(=O)CC)nn3)C2)NN1. The summed E-state index contributed by atoms with van der Waals surface area (Å²) in [7, 11) is 0. The topological polar surface area (TPSA) is 108 Å². The molecular weight excluding hydrogens is 356 g/mol. The van der Waals surface area contributed by atoms with Gasteiger partial charge in [0.05, 0.1) is 5.69 Å². The Balaban J connectivity index is 1.61. The van der Waals surface area contributed by atoms with E-state index in [1.165, 1.54) is 0 Å². The van der Waals surface area contributed by atoms with Gasteiger partial charge in [-0.05, 0) is 43.5 Å². The van der Waals surface area contributed by atoms with Gasteiger partial charge in [-0.15, -0.1) is 5.10 Å². The van der Waals surface area contributed by atoms with E-state index in [1.807, 2.05) is 31.2 Å². The normalized spacial score (nSPS) is 21.5. The molecule has 1 aliphatic heterocycles. The van der Waals surface area contributed by atoms with Crippen LogP contribution in [0.15, 0.2) is 35.8 Å². The summed E-state index contributed by atoms with van der Waals surface area (Å²) in [5.41, 5.74) is 8.37. The van der Waals surface area contributed by atoms with Crippen LogP contribution in [-0.4, -0.2) is 22.0 Å². The molecule has 1 aromatic heterocycles. The highest BCUT2D eigenvalue weighted by Gasteiger charge is 2.27. The highest BCUT2D eigenvalue weighted by molar-refractivity contribution is 5.89. The van der Waals surface area contributed by atoms with Crippen molar-refractivity contribution in [3.8, 4) is 0 Å². The van der Waals surface area contributed by atoms with Crippen LogP contribution in [0.5, 0.6) is 0 Å². The van der Waals surface area contributed by atoms with Crippen LogP contribution in [0.1, 0.15) is 64.0 Å². The molecule has 0 bridgehead atoms. The minimum atomic E-state index is -0.0647. The number of hydrogen-bond donors (Lipinski definition) is 4. The van der Waals surface area contributed by atoms with Crippen LogP contribution in [0, 0.1) is 5.92 Å². The van der Waals surface area contributed by atoms with Crippen molar-refractivity contribution in [3.63, 3.8) is 0 Å². The van der Waals surface area contributed by atoms with E-state index in [2.05, 4.69) is 31.7 Å². The van der Waals surface area contributed by atoms with Gasteiger partial charge in [0.25, 0.3) is 0 Å². The van der Waals surface area contributed by atoms with Crippen molar-refractivity contribution in [2.45, 2.75) is 58.3 Å². The third-order valence-electron chi connectivity index (χ3n) is 5.17. The lowest BCUT2D eigenvalue weighted by atomic mass is 9.78. The molecule has 0 saturated heterocycles. The van der Waals surface area contributed by atoms with Gasteiger partial charge in [-0.25, -0.2) is 0 Å². The maximum Gasteiger partial charge on any atom is 0.225 e. The van der Waals surface area contributed by atoms with Crippen molar-refractivity contribution < 1.29 is 9.59 Å². The number of amides is 2. The average molecular weight is 384 g/mol. The quantitative estimate of drug-likeness (QED) is 0.600. The lowest BCUT2D eigenvalue weighted by Gasteiger charge is -2.32. The molecule has 2 heterocycles. The predicted octanol–water partition coefficient (Wildman–Crippen LogP) is 2.46. The monoisotopic (exact) mass is 384 g/mol. The van der Waals surface area contributed by atoms with Crippen molar-refractivity contribution in [1.29, 1.82) is 0 Å². The third kappa shape index (κ3) is 5.09. The Bertz CT molecular complexity index is 771. The first-order chi connectivity index (χ1) is 13.6. The molecule has 2 aliphatic rings. The second-order valence-corrected chi connectivity index (χ2v) is 7.16. The van der Waals surface area contributed by atoms with Crippen LogP contribution in [0.4, 0.5) is 5.82 Å². The lowest BCUT2D eigenvalue weighted by molar-refractivity contribution is -0.120. The van der Waals surface area contributed by atoms with E-state index in [0.29, 0.717) is 36.3 Å². The predicted molar refractivity (Wildman–Crippen MR) is 107 cm³/mol. The second kappa shape index (κ2) is 9.34. The Morgan fingerprint density at radius 3 is 2.39 bits per heavy atom. The zero-order valence-corrected chi connectivity index (χ0v) is 16.4. The zero-order valence-electron chi connectivity index (χ0n) is 16.4. The van der Waals surface area contributed by atoms with E-state index >= 15 is 0 Å². The first-order valence-corrected chi connectivity index (χ1v) is 9.96. The first kappa shape index (κ1) is 19.9. The van der Waals surface area contributed by atoms with Gasteiger partial charge in [0.2, 0.25) is 11.8 Å². The summed E-state index contributed by atoms with van der Waals surface area (Å²) >= 11 is 0. The fraction of sp³-hybridized carbons (Fsp3) is 0.500. The van der Waals surface area contributed by atoms with Gasteiger partial charge in [0, 0.05) is 30.4 Å². The van der Waals surface area contributed by atoms with Gasteiger partial charge < -0.3 is 16.1 Å².